The Hall–Kier alpha value is -0.810. The van der Waals surface area contributed by atoms with Gasteiger partial charge in [-0.2, -0.15) is 0 Å². The third-order valence-electron chi connectivity index (χ3n) is 1.71. The van der Waals surface area contributed by atoms with Crippen LogP contribution in [0.1, 0.15) is 32.6 Å². The van der Waals surface area contributed by atoms with Gasteiger partial charge in [-0.1, -0.05) is 6.92 Å². The fourth-order valence-corrected chi connectivity index (χ4v) is 0.969. The molecule has 0 aromatic rings. The zero-order valence-corrected chi connectivity index (χ0v) is 8.79. The van der Waals surface area contributed by atoms with Crippen molar-refractivity contribution >= 4 is 6.09 Å². The fourth-order valence-electron chi connectivity index (χ4n) is 0.969. The van der Waals surface area contributed by atoms with E-state index in [0.29, 0.717) is 13.2 Å². The zero-order valence-electron chi connectivity index (χ0n) is 8.79. The van der Waals surface area contributed by atoms with Crippen molar-refractivity contribution in [3.63, 3.8) is 0 Å². The highest BCUT2D eigenvalue weighted by atomic mass is 16.5. The first kappa shape index (κ1) is 13.2. The van der Waals surface area contributed by atoms with E-state index in [9.17, 15) is 4.79 Å². The van der Waals surface area contributed by atoms with E-state index < -0.39 is 6.09 Å². The SMILES string of the molecule is CCCOC(=O)NC(N)CCCCN. The van der Waals surface area contributed by atoms with E-state index in [-0.39, 0.29) is 6.17 Å². The highest BCUT2D eigenvalue weighted by Crippen LogP contribution is 1.95. The van der Waals surface area contributed by atoms with E-state index in [1.807, 2.05) is 6.92 Å². The molecule has 0 radical (unpaired) electrons. The first-order valence-corrected chi connectivity index (χ1v) is 5.09. The molecule has 14 heavy (non-hydrogen) atoms. The average Bonchev–Trinajstić information content (AvgIpc) is 2.15. The molecule has 0 saturated carbocycles. The van der Waals surface area contributed by atoms with Crippen molar-refractivity contribution < 1.29 is 9.53 Å². The number of carbonyl (C=O) groups excluding carboxylic acids is 1. The van der Waals surface area contributed by atoms with Crippen LogP contribution in [0.15, 0.2) is 0 Å². The summed E-state index contributed by atoms with van der Waals surface area (Å²) in [6.07, 6.45) is 2.64. The largest absolute Gasteiger partial charge is 0.450 e. The second-order valence-electron chi connectivity index (χ2n) is 3.17. The normalized spacial score (nSPS) is 12.2. The number of hydrogen-bond donors (Lipinski definition) is 3. The van der Waals surface area contributed by atoms with Gasteiger partial charge in [-0.05, 0) is 32.2 Å². The van der Waals surface area contributed by atoms with Crippen LogP contribution in [0.25, 0.3) is 0 Å². The minimum absolute atomic E-state index is 0.328. The fraction of sp³-hybridized carbons (Fsp3) is 0.889. The van der Waals surface area contributed by atoms with Crippen molar-refractivity contribution in [1.29, 1.82) is 0 Å². The summed E-state index contributed by atoms with van der Waals surface area (Å²) >= 11 is 0. The van der Waals surface area contributed by atoms with Crippen LogP contribution >= 0.6 is 0 Å². The first-order valence-electron chi connectivity index (χ1n) is 5.09. The van der Waals surface area contributed by atoms with Crippen LogP contribution in [0, 0.1) is 0 Å². The number of rotatable bonds is 7. The lowest BCUT2D eigenvalue weighted by Crippen LogP contribution is -2.41. The van der Waals surface area contributed by atoms with E-state index in [4.69, 9.17) is 16.2 Å². The summed E-state index contributed by atoms with van der Waals surface area (Å²) in [7, 11) is 0. The highest BCUT2D eigenvalue weighted by Gasteiger charge is 2.06. The van der Waals surface area contributed by atoms with Crippen LogP contribution in [-0.4, -0.2) is 25.4 Å². The van der Waals surface area contributed by atoms with Crippen LogP contribution in [0.3, 0.4) is 0 Å². The van der Waals surface area contributed by atoms with Crippen molar-refractivity contribution in [3.05, 3.63) is 0 Å². The molecule has 84 valence electrons. The third kappa shape index (κ3) is 7.82. The topological polar surface area (TPSA) is 90.4 Å². The predicted molar refractivity (Wildman–Crippen MR) is 55.7 cm³/mol. The van der Waals surface area contributed by atoms with Gasteiger partial charge < -0.3 is 21.5 Å². The maximum atomic E-state index is 11.0. The molecule has 1 atom stereocenters. The van der Waals surface area contributed by atoms with Crippen LogP contribution in [-0.2, 0) is 4.74 Å². The number of alkyl carbamates (subject to hydrolysis) is 1. The summed E-state index contributed by atoms with van der Waals surface area (Å²) in [4.78, 5) is 11.0. The summed E-state index contributed by atoms with van der Waals surface area (Å²) < 4.78 is 4.81. The second-order valence-corrected chi connectivity index (χ2v) is 3.17. The molecule has 1 amide bonds. The predicted octanol–water partition coefficient (Wildman–Crippen LogP) is 0.536. The molecule has 0 aromatic heterocycles. The Labute approximate surface area is 85.2 Å². The van der Waals surface area contributed by atoms with Crippen LogP contribution in [0.2, 0.25) is 0 Å². The number of hydrogen-bond acceptors (Lipinski definition) is 4. The van der Waals surface area contributed by atoms with Gasteiger partial charge in [0, 0.05) is 0 Å². The standard InChI is InChI=1S/C9H21N3O2/c1-2-7-14-9(13)12-8(11)5-3-4-6-10/h8H,2-7,10-11H2,1H3,(H,12,13). The van der Waals surface area contributed by atoms with Crippen LogP contribution in [0.5, 0.6) is 0 Å². The van der Waals surface area contributed by atoms with Gasteiger partial charge in [0.25, 0.3) is 0 Å². The van der Waals surface area contributed by atoms with Gasteiger partial charge in [-0.25, -0.2) is 4.79 Å². The number of unbranched alkanes of at least 4 members (excludes halogenated alkanes) is 1. The quantitative estimate of drug-likeness (QED) is 0.416. The Kier molecular flexibility index (Phi) is 8.27. The van der Waals surface area contributed by atoms with Crippen LogP contribution < -0.4 is 16.8 Å². The van der Waals surface area contributed by atoms with Gasteiger partial charge in [0.1, 0.15) is 0 Å². The van der Waals surface area contributed by atoms with Crippen LogP contribution in [0.4, 0.5) is 4.79 Å². The van der Waals surface area contributed by atoms with E-state index in [2.05, 4.69) is 5.32 Å². The average molecular weight is 203 g/mol. The van der Waals surface area contributed by atoms with Gasteiger partial charge in [0.05, 0.1) is 12.8 Å². The summed E-state index contributed by atoms with van der Waals surface area (Å²) in [6.45, 7) is 3.03. The van der Waals surface area contributed by atoms with E-state index >= 15 is 0 Å². The number of nitrogens with two attached hydrogens (primary N) is 2. The molecule has 0 bridgehead atoms. The molecule has 0 saturated heterocycles. The molecule has 0 spiro atoms. The van der Waals surface area contributed by atoms with E-state index in [1.54, 1.807) is 0 Å². The molecule has 5 nitrogen and oxygen atoms in total. The molecule has 0 aliphatic heterocycles. The van der Waals surface area contributed by atoms with Gasteiger partial charge in [-0.3, -0.25) is 0 Å². The summed E-state index contributed by atoms with van der Waals surface area (Å²) in [5, 5.41) is 2.55. The summed E-state index contributed by atoms with van der Waals surface area (Å²) in [5.74, 6) is 0. The molecular weight excluding hydrogens is 182 g/mol. The number of ether oxygens (including phenoxy) is 1. The van der Waals surface area contributed by atoms with Gasteiger partial charge in [0.15, 0.2) is 0 Å². The first-order chi connectivity index (χ1) is 6.70. The zero-order chi connectivity index (χ0) is 10.8. The Morgan fingerprint density at radius 1 is 1.50 bits per heavy atom. The Morgan fingerprint density at radius 3 is 2.79 bits per heavy atom. The number of nitrogens with one attached hydrogen (secondary N) is 1. The molecule has 0 aliphatic carbocycles. The second kappa shape index (κ2) is 8.77. The third-order valence-corrected chi connectivity index (χ3v) is 1.71. The smallest absolute Gasteiger partial charge is 0.408 e. The number of amides is 1. The summed E-state index contributed by atoms with van der Waals surface area (Å²) in [5.41, 5.74) is 11.0. The highest BCUT2D eigenvalue weighted by molar-refractivity contribution is 5.67. The van der Waals surface area contributed by atoms with Gasteiger partial charge in [-0.15, -0.1) is 0 Å². The van der Waals surface area contributed by atoms with E-state index in [1.165, 1.54) is 0 Å². The monoisotopic (exact) mass is 203 g/mol. The maximum absolute atomic E-state index is 11.0. The molecule has 5 N–H and O–H groups in total. The molecule has 0 rings (SSSR count). The van der Waals surface area contributed by atoms with E-state index in [0.717, 1.165) is 25.7 Å². The minimum Gasteiger partial charge on any atom is -0.450 e. The molecule has 0 aromatic carbocycles. The van der Waals surface area contributed by atoms with Crippen molar-refractivity contribution in [3.8, 4) is 0 Å². The van der Waals surface area contributed by atoms with Crippen molar-refractivity contribution in [2.45, 2.75) is 38.8 Å². The Bertz CT molecular complexity index is 153. The van der Waals surface area contributed by atoms with Crippen molar-refractivity contribution in [2.75, 3.05) is 13.2 Å². The Morgan fingerprint density at radius 2 is 2.21 bits per heavy atom. The lowest BCUT2D eigenvalue weighted by molar-refractivity contribution is 0.142. The molecule has 0 heterocycles. The lowest BCUT2D eigenvalue weighted by Gasteiger charge is -2.13. The molecule has 1 unspecified atom stereocenters. The Balaban J connectivity index is 3.40. The maximum Gasteiger partial charge on any atom is 0.408 e. The number of carbonyl (C=O) groups is 1. The van der Waals surface area contributed by atoms with Gasteiger partial charge in [0.2, 0.25) is 0 Å². The lowest BCUT2D eigenvalue weighted by atomic mass is 10.2. The molecule has 5 heteroatoms. The molecule has 0 fully saturated rings. The summed E-state index contributed by atoms with van der Waals surface area (Å²) in [6, 6.07) is 0. The van der Waals surface area contributed by atoms with Crippen molar-refractivity contribution in [1.82, 2.24) is 5.32 Å². The van der Waals surface area contributed by atoms with Crippen molar-refractivity contribution in [2.24, 2.45) is 11.5 Å². The minimum atomic E-state index is -0.438. The van der Waals surface area contributed by atoms with Gasteiger partial charge >= 0.3 is 6.09 Å². The molecule has 0 aliphatic rings. The molecular formula is C9H21N3O2.